The standard InChI is InChI=1S/C25H19N3O4S/c29-28(30)20-8-5-6-18(16-20)13-15-33(31,32)27-14-12-19-7-1-2-9-21(19)25(27)23-17-26-24-11-4-3-10-22(23)24/h1-17,25-26H/b15-13+/t25-/m1/s1. The number of nitrogens with one attached hydrogen (secondary N) is 1. The molecule has 3 aromatic carbocycles. The van der Waals surface area contributed by atoms with Crippen LogP contribution in [0.4, 0.5) is 5.69 Å². The number of hydrogen-bond acceptors (Lipinski definition) is 4. The number of nitro benzene ring substituents is 1. The number of hydrogen-bond donors (Lipinski definition) is 1. The maximum absolute atomic E-state index is 13.5. The van der Waals surface area contributed by atoms with Gasteiger partial charge in [0.2, 0.25) is 0 Å². The number of aromatic amines is 1. The molecule has 1 N–H and O–H groups in total. The number of nitro groups is 1. The van der Waals surface area contributed by atoms with Gasteiger partial charge in [-0.15, -0.1) is 0 Å². The molecule has 0 saturated carbocycles. The number of fused-ring (bicyclic) bond motifs is 2. The Hall–Kier alpha value is -4.17. The minimum atomic E-state index is -3.92. The third-order valence-electron chi connectivity index (χ3n) is 5.67. The van der Waals surface area contributed by atoms with Crippen LogP contribution in [0.25, 0.3) is 23.1 Å². The SMILES string of the molecule is O=[N+]([O-])c1cccc(/C=C/S(=O)(=O)N2C=Cc3ccccc3[C@@H]2c2c[nH]c3ccccc23)c1. The van der Waals surface area contributed by atoms with Crippen LogP contribution in [0.1, 0.15) is 28.3 Å². The van der Waals surface area contributed by atoms with Crippen molar-refractivity contribution in [3.63, 3.8) is 0 Å². The van der Waals surface area contributed by atoms with E-state index in [0.717, 1.165) is 33.0 Å². The van der Waals surface area contributed by atoms with Gasteiger partial charge in [0.05, 0.1) is 16.4 Å². The molecule has 1 aliphatic rings. The molecule has 1 atom stereocenters. The predicted molar refractivity (Wildman–Crippen MR) is 129 cm³/mol. The Morgan fingerprint density at radius 1 is 0.970 bits per heavy atom. The van der Waals surface area contributed by atoms with Crippen molar-refractivity contribution in [2.45, 2.75) is 6.04 Å². The highest BCUT2D eigenvalue weighted by molar-refractivity contribution is 7.92. The van der Waals surface area contributed by atoms with Crippen LogP contribution >= 0.6 is 0 Å². The summed E-state index contributed by atoms with van der Waals surface area (Å²) in [5, 5.41) is 13.1. The van der Waals surface area contributed by atoms with Crippen LogP contribution in [0.3, 0.4) is 0 Å². The van der Waals surface area contributed by atoms with Gasteiger partial charge in [-0.1, -0.05) is 54.6 Å². The number of sulfonamides is 1. The molecule has 0 spiro atoms. The zero-order valence-electron chi connectivity index (χ0n) is 17.3. The summed E-state index contributed by atoms with van der Waals surface area (Å²) in [4.78, 5) is 13.8. The van der Waals surface area contributed by atoms with Gasteiger partial charge < -0.3 is 4.98 Å². The highest BCUT2D eigenvalue weighted by Gasteiger charge is 2.33. The first kappa shape index (κ1) is 20.7. The first-order valence-corrected chi connectivity index (χ1v) is 11.7. The van der Waals surface area contributed by atoms with Crippen molar-refractivity contribution in [1.29, 1.82) is 0 Å². The molecular weight excluding hydrogens is 438 g/mol. The van der Waals surface area contributed by atoms with Gasteiger partial charge in [0.15, 0.2) is 0 Å². The molecule has 5 rings (SSSR count). The zero-order chi connectivity index (χ0) is 23.0. The van der Waals surface area contributed by atoms with E-state index >= 15 is 0 Å². The third-order valence-corrected chi connectivity index (χ3v) is 7.07. The van der Waals surface area contributed by atoms with Crippen LogP contribution in [0, 0.1) is 10.1 Å². The van der Waals surface area contributed by atoms with Crippen LogP contribution in [0.15, 0.2) is 90.6 Å². The number of benzene rings is 3. The summed E-state index contributed by atoms with van der Waals surface area (Å²) in [6.45, 7) is 0. The summed E-state index contributed by atoms with van der Waals surface area (Å²) < 4.78 is 28.3. The summed E-state index contributed by atoms with van der Waals surface area (Å²) in [6.07, 6.45) is 6.57. The molecule has 0 unspecified atom stereocenters. The van der Waals surface area contributed by atoms with E-state index in [4.69, 9.17) is 0 Å². The Balaban J connectivity index is 1.60. The monoisotopic (exact) mass is 457 g/mol. The van der Waals surface area contributed by atoms with E-state index in [2.05, 4.69) is 4.98 Å². The van der Waals surface area contributed by atoms with Crippen molar-refractivity contribution < 1.29 is 13.3 Å². The largest absolute Gasteiger partial charge is 0.361 e. The second-order valence-electron chi connectivity index (χ2n) is 7.67. The van der Waals surface area contributed by atoms with Gasteiger partial charge in [0, 0.05) is 41.0 Å². The van der Waals surface area contributed by atoms with Crippen LogP contribution < -0.4 is 0 Å². The Kier molecular flexibility index (Phi) is 5.07. The van der Waals surface area contributed by atoms with Crippen LogP contribution in [0.2, 0.25) is 0 Å². The van der Waals surface area contributed by atoms with Crippen molar-refractivity contribution in [2.24, 2.45) is 0 Å². The van der Waals surface area contributed by atoms with E-state index < -0.39 is 21.0 Å². The average Bonchev–Trinajstić information content (AvgIpc) is 3.26. The maximum atomic E-state index is 13.5. The van der Waals surface area contributed by atoms with Crippen molar-refractivity contribution in [1.82, 2.24) is 9.29 Å². The molecule has 8 heteroatoms. The Bertz CT molecular complexity index is 1540. The number of aromatic nitrogens is 1. The van der Waals surface area contributed by atoms with Crippen molar-refractivity contribution in [3.05, 3.63) is 123 Å². The molecule has 0 amide bonds. The smallest absolute Gasteiger partial charge is 0.270 e. The molecule has 0 aliphatic carbocycles. The van der Waals surface area contributed by atoms with E-state index in [1.165, 1.54) is 28.6 Å². The van der Waals surface area contributed by atoms with E-state index in [-0.39, 0.29) is 5.69 Å². The highest BCUT2D eigenvalue weighted by Crippen LogP contribution is 2.40. The zero-order valence-corrected chi connectivity index (χ0v) is 18.1. The fraction of sp³-hybridized carbons (Fsp3) is 0.0400. The van der Waals surface area contributed by atoms with E-state index in [1.54, 1.807) is 18.3 Å². The van der Waals surface area contributed by atoms with Gasteiger partial charge >= 0.3 is 0 Å². The van der Waals surface area contributed by atoms with Crippen LogP contribution in [0.5, 0.6) is 0 Å². The third kappa shape index (κ3) is 3.81. The van der Waals surface area contributed by atoms with E-state index in [9.17, 15) is 18.5 Å². The van der Waals surface area contributed by atoms with Gasteiger partial charge in [0.25, 0.3) is 15.7 Å². The van der Waals surface area contributed by atoms with Crippen molar-refractivity contribution in [2.75, 3.05) is 0 Å². The molecule has 0 bridgehead atoms. The van der Waals surface area contributed by atoms with Crippen molar-refractivity contribution in [3.8, 4) is 0 Å². The Morgan fingerprint density at radius 2 is 1.76 bits per heavy atom. The Labute approximate surface area is 190 Å². The first-order valence-electron chi connectivity index (χ1n) is 10.2. The average molecular weight is 458 g/mol. The van der Waals surface area contributed by atoms with Gasteiger partial charge in [-0.3, -0.25) is 14.4 Å². The summed E-state index contributed by atoms with van der Waals surface area (Å²) in [5.41, 5.74) is 3.91. The van der Waals surface area contributed by atoms with Gasteiger partial charge in [0.1, 0.15) is 0 Å². The topological polar surface area (TPSA) is 96.3 Å². The quantitative estimate of drug-likeness (QED) is 0.318. The molecule has 0 radical (unpaired) electrons. The molecule has 7 nitrogen and oxygen atoms in total. The second kappa shape index (κ2) is 8.07. The van der Waals surface area contributed by atoms with Crippen LogP contribution in [-0.4, -0.2) is 22.6 Å². The summed E-state index contributed by atoms with van der Waals surface area (Å²) in [7, 11) is -3.92. The van der Waals surface area contributed by atoms with Gasteiger partial charge in [-0.25, -0.2) is 8.42 Å². The first-order chi connectivity index (χ1) is 15.9. The lowest BCUT2D eigenvalue weighted by atomic mass is 9.92. The van der Waals surface area contributed by atoms with E-state index in [0.29, 0.717) is 5.56 Å². The lowest BCUT2D eigenvalue weighted by Gasteiger charge is -2.33. The minimum Gasteiger partial charge on any atom is -0.361 e. The Morgan fingerprint density at radius 3 is 2.61 bits per heavy atom. The lowest BCUT2D eigenvalue weighted by Crippen LogP contribution is -2.31. The van der Waals surface area contributed by atoms with Crippen molar-refractivity contribution >= 4 is 38.8 Å². The normalized spacial score (nSPS) is 15.8. The number of non-ortho nitro benzene ring substituents is 1. The molecule has 0 fully saturated rings. The van der Waals surface area contributed by atoms with Gasteiger partial charge in [-0.2, -0.15) is 0 Å². The number of rotatable bonds is 5. The molecule has 2 heterocycles. The predicted octanol–water partition coefficient (Wildman–Crippen LogP) is 5.45. The molecule has 0 saturated heterocycles. The second-order valence-corrected chi connectivity index (χ2v) is 9.39. The van der Waals surface area contributed by atoms with Crippen LogP contribution in [-0.2, 0) is 10.0 Å². The fourth-order valence-electron chi connectivity index (χ4n) is 4.12. The fourth-order valence-corrected chi connectivity index (χ4v) is 5.34. The molecule has 33 heavy (non-hydrogen) atoms. The molecule has 1 aliphatic heterocycles. The van der Waals surface area contributed by atoms with E-state index in [1.807, 2.05) is 54.7 Å². The lowest BCUT2D eigenvalue weighted by molar-refractivity contribution is -0.384. The summed E-state index contributed by atoms with van der Waals surface area (Å²) >= 11 is 0. The molecule has 164 valence electrons. The summed E-state index contributed by atoms with van der Waals surface area (Å²) in [5.74, 6) is 0. The molecule has 1 aromatic heterocycles. The molecule has 4 aromatic rings. The number of para-hydroxylation sites is 1. The number of nitrogens with zero attached hydrogens (tertiary/aromatic N) is 2. The molecular formula is C25H19N3O4S. The highest BCUT2D eigenvalue weighted by atomic mass is 32.2. The minimum absolute atomic E-state index is 0.0991. The van der Waals surface area contributed by atoms with Gasteiger partial charge in [-0.05, 0) is 34.9 Å². The maximum Gasteiger partial charge on any atom is 0.270 e. The number of H-pyrrole nitrogens is 1. The summed E-state index contributed by atoms with van der Waals surface area (Å²) in [6, 6.07) is 20.7.